The van der Waals surface area contributed by atoms with Crippen LogP contribution >= 0.6 is 0 Å². The largest absolute Gasteiger partial charge is 0.480 e. The van der Waals surface area contributed by atoms with Crippen molar-refractivity contribution in [2.24, 2.45) is 0 Å². The maximum atomic E-state index is 14.5. The molecule has 1 heterocycles. The molecule has 10 heteroatoms. The van der Waals surface area contributed by atoms with E-state index in [9.17, 15) is 24.3 Å². The highest BCUT2D eigenvalue weighted by molar-refractivity contribution is 5.91. The highest BCUT2D eigenvalue weighted by Gasteiger charge is 2.53. The number of aliphatic carboxylic acids is 1. The normalized spacial score (nSPS) is 17.7. The molecule has 3 atom stereocenters. The third kappa shape index (κ3) is 7.27. The highest BCUT2D eigenvalue weighted by atomic mass is 16.6. The molecule has 1 saturated heterocycles. The lowest BCUT2D eigenvalue weighted by molar-refractivity contribution is -0.157. The van der Waals surface area contributed by atoms with Crippen LogP contribution in [0.5, 0.6) is 0 Å². The van der Waals surface area contributed by atoms with Gasteiger partial charge in [0, 0.05) is 12.3 Å². The van der Waals surface area contributed by atoms with Crippen LogP contribution in [0.15, 0.2) is 140 Å². The van der Waals surface area contributed by atoms with Gasteiger partial charge in [0.15, 0.2) is 6.04 Å². The molecule has 2 aliphatic rings. The van der Waals surface area contributed by atoms with Crippen molar-refractivity contribution in [1.82, 2.24) is 15.5 Å². The molecule has 10 nitrogen and oxygen atoms in total. The van der Waals surface area contributed by atoms with Gasteiger partial charge in [-0.05, 0) is 66.1 Å². The lowest BCUT2D eigenvalue weighted by Crippen LogP contribution is -2.58. The van der Waals surface area contributed by atoms with Crippen LogP contribution < -0.4 is 10.6 Å². The van der Waals surface area contributed by atoms with Crippen LogP contribution in [0.25, 0.3) is 11.1 Å². The molecule has 5 aromatic rings. The number of rotatable bonds is 12. The maximum Gasteiger partial charge on any atom is 0.407 e. The minimum Gasteiger partial charge on any atom is -0.480 e. The number of carbonyl (C=O) groups excluding carboxylic acids is 3. The molecule has 0 spiro atoms. The lowest BCUT2D eigenvalue weighted by Gasteiger charge is -2.37. The number of hydrogen-bond acceptors (Lipinski definition) is 6. The summed E-state index contributed by atoms with van der Waals surface area (Å²) in [5.74, 6) is -2.56. The molecule has 1 aliphatic heterocycles. The summed E-state index contributed by atoms with van der Waals surface area (Å²) in [4.78, 5) is 56.1. The summed E-state index contributed by atoms with van der Waals surface area (Å²) >= 11 is 0. The van der Waals surface area contributed by atoms with Crippen molar-refractivity contribution >= 4 is 23.9 Å². The lowest BCUT2D eigenvalue weighted by atomic mass is 9.77. The Morgan fingerprint density at radius 1 is 0.750 bits per heavy atom. The number of carboxylic acids is 1. The van der Waals surface area contributed by atoms with Gasteiger partial charge in [-0.2, -0.15) is 0 Å². The van der Waals surface area contributed by atoms with Crippen LogP contribution in [0.2, 0.25) is 0 Å². The van der Waals surface area contributed by atoms with Crippen LogP contribution in [-0.4, -0.2) is 64.4 Å². The molecule has 56 heavy (non-hydrogen) atoms. The minimum absolute atomic E-state index is 0.00209. The number of carboxylic acid groups (broad SMARTS) is 1. The zero-order valence-corrected chi connectivity index (χ0v) is 31.6. The third-order valence-corrected chi connectivity index (χ3v) is 10.8. The molecule has 0 bridgehead atoms. The van der Waals surface area contributed by atoms with E-state index >= 15 is 0 Å². The van der Waals surface area contributed by atoms with Gasteiger partial charge in [-0.15, -0.1) is 0 Å². The average molecular weight is 752 g/mol. The standard InChI is InChI=1S/C46H45N3O7/c1-30-41(43(52)53)49(45(2,3)56-30)42(51)39(47-44(54)55-29-38-36-25-15-13-23-34(36)35-24-14-16-26-37(35)38)27-28-40(50)48-46(31-17-7-4-8-18-31,32-19-9-5-10-20-32)33-21-11-6-12-22-33/h4-26,30,38-39,41H,27-29H2,1-3H3,(H,47,54)(H,48,50)(H,52,53). The molecule has 0 aromatic heterocycles. The van der Waals surface area contributed by atoms with Crippen LogP contribution in [0.4, 0.5) is 4.79 Å². The fourth-order valence-corrected chi connectivity index (χ4v) is 8.37. The van der Waals surface area contributed by atoms with E-state index in [-0.39, 0.29) is 25.4 Å². The molecule has 0 saturated carbocycles. The molecule has 3 unspecified atom stereocenters. The maximum absolute atomic E-state index is 14.5. The number of amides is 3. The van der Waals surface area contributed by atoms with Gasteiger partial charge in [-0.1, -0.05) is 140 Å². The zero-order chi connectivity index (χ0) is 39.5. The first-order valence-electron chi connectivity index (χ1n) is 18.8. The first-order chi connectivity index (χ1) is 27.0. The molecule has 286 valence electrons. The van der Waals surface area contributed by atoms with E-state index in [4.69, 9.17) is 9.47 Å². The first-order valence-corrected chi connectivity index (χ1v) is 18.8. The van der Waals surface area contributed by atoms with E-state index in [0.717, 1.165) is 43.8 Å². The summed E-state index contributed by atoms with van der Waals surface area (Å²) in [5.41, 5.74) is 4.25. The fourth-order valence-electron chi connectivity index (χ4n) is 8.37. The van der Waals surface area contributed by atoms with Gasteiger partial charge in [0.05, 0.1) is 6.10 Å². The van der Waals surface area contributed by atoms with Gasteiger partial charge in [0.1, 0.15) is 23.9 Å². The van der Waals surface area contributed by atoms with Crippen molar-refractivity contribution in [1.29, 1.82) is 0 Å². The number of nitrogens with zero attached hydrogens (tertiary/aromatic N) is 1. The van der Waals surface area contributed by atoms with E-state index in [1.165, 1.54) is 0 Å². The van der Waals surface area contributed by atoms with Crippen molar-refractivity contribution in [3.63, 3.8) is 0 Å². The highest BCUT2D eigenvalue weighted by Crippen LogP contribution is 2.44. The van der Waals surface area contributed by atoms with Gasteiger partial charge in [0.25, 0.3) is 0 Å². The Labute approximate surface area is 326 Å². The van der Waals surface area contributed by atoms with Crippen molar-refractivity contribution in [2.75, 3.05) is 6.61 Å². The summed E-state index contributed by atoms with van der Waals surface area (Å²) in [6.45, 7) is 4.80. The van der Waals surface area contributed by atoms with Crippen LogP contribution in [0, 0.1) is 0 Å². The van der Waals surface area contributed by atoms with Crippen molar-refractivity contribution in [3.8, 4) is 11.1 Å². The van der Waals surface area contributed by atoms with E-state index in [1.54, 1.807) is 20.8 Å². The number of benzene rings is 5. The third-order valence-electron chi connectivity index (χ3n) is 10.8. The predicted octanol–water partition coefficient (Wildman–Crippen LogP) is 7.22. The van der Waals surface area contributed by atoms with E-state index < -0.39 is 53.3 Å². The number of alkyl carbamates (subject to hydrolysis) is 1. The van der Waals surface area contributed by atoms with Crippen molar-refractivity contribution in [2.45, 2.75) is 69.0 Å². The second-order valence-corrected chi connectivity index (χ2v) is 14.7. The molecule has 7 rings (SSSR count). The molecule has 1 aliphatic carbocycles. The second-order valence-electron chi connectivity index (χ2n) is 14.7. The zero-order valence-electron chi connectivity index (χ0n) is 31.6. The smallest absolute Gasteiger partial charge is 0.407 e. The Bertz CT molecular complexity index is 2070. The predicted molar refractivity (Wildman–Crippen MR) is 211 cm³/mol. The molecular weight excluding hydrogens is 707 g/mol. The van der Waals surface area contributed by atoms with E-state index in [0.29, 0.717) is 0 Å². The van der Waals surface area contributed by atoms with Gasteiger partial charge >= 0.3 is 12.1 Å². The van der Waals surface area contributed by atoms with Gasteiger partial charge < -0.3 is 25.2 Å². The molecular formula is C46H45N3O7. The van der Waals surface area contributed by atoms with Crippen molar-refractivity contribution < 1.29 is 33.8 Å². The Morgan fingerprint density at radius 2 is 1.21 bits per heavy atom. The topological polar surface area (TPSA) is 134 Å². The minimum atomic E-state index is -1.33. The Morgan fingerprint density at radius 3 is 1.70 bits per heavy atom. The molecule has 1 fully saturated rings. The van der Waals surface area contributed by atoms with E-state index in [1.807, 2.05) is 140 Å². The molecule has 3 amide bonds. The number of ether oxygens (including phenoxy) is 2. The second kappa shape index (κ2) is 15.8. The number of carbonyl (C=O) groups is 4. The molecule has 5 aromatic carbocycles. The van der Waals surface area contributed by atoms with Crippen LogP contribution in [0.1, 0.15) is 67.3 Å². The van der Waals surface area contributed by atoms with Crippen LogP contribution in [0.3, 0.4) is 0 Å². The van der Waals surface area contributed by atoms with Crippen molar-refractivity contribution in [3.05, 3.63) is 167 Å². The summed E-state index contributed by atoms with van der Waals surface area (Å²) in [6, 6.07) is 42.2. The number of nitrogens with one attached hydrogen (secondary N) is 2. The molecule has 3 N–H and O–H groups in total. The number of fused-ring (bicyclic) bond motifs is 3. The summed E-state index contributed by atoms with van der Waals surface area (Å²) in [5, 5.41) is 16.2. The quantitative estimate of drug-likeness (QED) is 0.115. The Kier molecular flexibility index (Phi) is 10.8. The van der Waals surface area contributed by atoms with Gasteiger partial charge in [-0.25, -0.2) is 9.59 Å². The summed E-state index contributed by atoms with van der Waals surface area (Å²) in [7, 11) is 0. The monoisotopic (exact) mass is 751 g/mol. The van der Waals surface area contributed by atoms with E-state index in [2.05, 4.69) is 10.6 Å². The summed E-state index contributed by atoms with van der Waals surface area (Å²) < 4.78 is 11.8. The Hall–Kier alpha value is -6.26. The SMILES string of the molecule is CC1OC(C)(C)N(C(=O)C(CCC(=O)NC(c2ccccc2)(c2ccccc2)c2ccccc2)NC(=O)OCC2c3ccccc3-c3ccccc32)C1C(=O)O. The first kappa shape index (κ1) is 38.0. The summed E-state index contributed by atoms with van der Waals surface area (Å²) in [6.07, 6.45) is -2.04. The Balaban J connectivity index is 1.16. The number of hydrogen-bond donors (Lipinski definition) is 3. The van der Waals surface area contributed by atoms with Gasteiger partial charge in [-0.3, -0.25) is 14.5 Å². The average Bonchev–Trinajstić information content (AvgIpc) is 3.67. The van der Waals surface area contributed by atoms with Crippen LogP contribution in [-0.2, 0) is 29.4 Å². The van der Waals surface area contributed by atoms with Gasteiger partial charge in [0.2, 0.25) is 11.8 Å². The fraction of sp³-hybridized carbons (Fsp3) is 0.261. The molecule has 0 radical (unpaired) electrons.